The standard InChI is InChI=1S/C15H11N3O3S/c19-14(10-6-8-22-9-10)17-11-3-1-2-4-12(11)18-15(20)13-5-7-16-21-13/h1-9H,(H,17,19)(H,18,20). The van der Waals surface area contributed by atoms with Gasteiger partial charge in [0.2, 0.25) is 5.76 Å². The lowest BCUT2D eigenvalue weighted by Crippen LogP contribution is -2.16. The van der Waals surface area contributed by atoms with Crippen LogP contribution in [0.5, 0.6) is 0 Å². The van der Waals surface area contributed by atoms with Crippen molar-refractivity contribution in [1.29, 1.82) is 0 Å². The van der Waals surface area contributed by atoms with E-state index in [0.717, 1.165) is 0 Å². The van der Waals surface area contributed by atoms with Crippen LogP contribution in [0.1, 0.15) is 20.9 Å². The largest absolute Gasteiger partial charge is 0.351 e. The highest BCUT2D eigenvalue weighted by Crippen LogP contribution is 2.22. The van der Waals surface area contributed by atoms with Gasteiger partial charge in [0.1, 0.15) is 0 Å². The Bertz CT molecular complexity index is 715. The average Bonchev–Trinajstić information content (AvgIpc) is 3.23. The number of nitrogens with one attached hydrogen (secondary N) is 2. The van der Waals surface area contributed by atoms with E-state index in [9.17, 15) is 9.59 Å². The molecular formula is C15H11N3O3S. The molecule has 6 nitrogen and oxygen atoms in total. The highest BCUT2D eigenvalue weighted by molar-refractivity contribution is 7.08. The first-order valence-electron chi connectivity index (χ1n) is 6.38. The molecule has 0 aliphatic carbocycles. The first-order valence-corrected chi connectivity index (χ1v) is 7.33. The van der Waals surface area contributed by atoms with E-state index in [2.05, 4.69) is 15.8 Å². The summed E-state index contributed by atoms with van der Waals surface area (Å²) in [7, 11) is 0. The van der Waals surface area contributed by atoms with E-state index in [0.29, 0.717) is 16.9 Å². The van der Waals surface area contributed by atoms with Gasteiger partial charge in [-0.25, -0.2) is 0 Å². The SMILES string of the molecule is O=C(Nc1ccccc1NC(=O)c1ccno1)c1ccsc1. The van der Waals surface area contributed by atoms with Gasteiger partial charge in [-0.2, -0.15) is 11.3 Å². The number of carbonyl (C=O) groups is 2. The predicted molar refractivity (Wildman–Crippen MR) is 83.2 cm³/mol. The highest BCUT2D eigenvalue weighted by atomic mass is 32.1. The van der Waals surface area contributed by atoms with Crippen LogP contribution in [0, 0.1) is 0 Å². The van der Waals surface area contributed by atoms with Crippen LogP contribution in [0.2, 0.25) is 0 Å². The smallest absolute Gasteiger partial charge is 0.294 e. The van der Waals surface area contributed by atoms with Gasteiger partial charge >= 0.3 is 0 Å². The molecule has 0 saturated carbocycles. The molecule has 2 heterocycles. The summed E-state index contributed by atoms with van der Waals surface area (Å²) in [6.45, 7) is 0. The first kappa shape index (κ1) is 14.0. The van der Waals surface area contributed by atoms with Crippen LogP contribution in [-0.2, 0) is 0 Å². The van der Waals surface area contributed by atoms with Crippen molar-refractivity contribution in [2.45, 2.75) is 0 Å². The summed E-state index contributed by atoms with van der Waals surface area (Å²) in [6, 6.07) is 10.1. The molecule has 0 spiro atoms. The van der Waals surface area contributed by atoms with E-state index in [1.165, 1.54) is 23.6 Å². The van der Waals surface area contributed by atoms with Crippen LogP contribution in [0.3, 0.4) is 0 Å². The van der Waals surface area contributed by atoms with E-state index in [1.807, 2.05) is 5.38 Å². The number of benzene rings is 1. The highest BCUT2D eigenvalue weighted by Gasteiger charge is 2.14. The molecule has 0 unspecified atom stereocenters. The molecule has 7 heteroatoms. The van der Waals surface area contributed by atoms with Gasteiger partial charge in [-0.15, -0.1) is 0 Å². The summed E-state index contributed by atoms with van der Waals surface area (Å²) in [5, 5.41) is 12.5. The quantitative estimate of drug-likeness (QED) is 0.774. The zero-order valence-electron chi connectivity index (χ0n) is 11.3. The summed E-state index contributed by atoms with van der Waals surface area (Å²) < 4.78 is 4.80. The van der Waals surface area contributed by atoms with Crippen molar-refractivity contribution >= 4 is 34.5 Å². The fourth-order valence-corrected chi connectivity index (χ4v) is 2.44. The second-order valence-corrected chi connectivity index (χ2v) is 5.12. The Kier molecular flexibility index (Phi) is 3.97. The van der Waals surface area contributed by atoms with Gasteiger partial charge in [-0.05, 0) is 23.6 Å². The molecule has 0 fully saturated rings. The molecular weight excluding hydrogens is 302 g/mol. The topological polar surface area (TPSA) is 84.2 Å². The summed E-state index contributed by atoms with van der Waals surface area (Å²) >= 11 is 1.44. The van der Waals surface area contributed by atoms with Crippen LogP contribution in [0.15, 0.2) is 57.9 Å². The molecule has 0 radical (unpaired) electrons. The summed E-state index contributed by atoms with van der Waals surface area (Å²) in [6.07, 6.45) is 1.39. The molecule has 2 amide bonds. The molecule has 0 bridgehead atoms. The molecule has 0 saturated heterocycles. The van der Waals surface area contributed by atoms with Crippen LogP contribution in [0.4, 0.5) is 11.4 Å². The number of amides is 2. The number of para-hydroxylation sites is 2. The third kappa shape index (κ3) is 3.04. The van der Waals surface area contributed by atoms with E-state index in [4.69, 9.17) is 4.52 Å². The lowest BCUT2D eigenvalue weighted by molar-refractivity contribution is 0.0985. The second-order valence-electron chi connectivity index (χ2n) is 4.34. The van der Waals surface area contributed by atoms with Crippen molar-refractivity contribution in [2.75, 3.05) is 10.6 Å². The zero-order chi connectivity index (χ0) is 15.4. The van der Waals surface area contributed by atoms with Gasteiger partial charge in [0.25, 0.3) is 11.8 Å². The Morgan fingerprint density at radius 3 is 2.32 bits per heavy atom. The number of carbonyl (C=O) groups excluding carboxylic acids is 2. The van der Waals surface area contributed by atoms with E-state index in [-0.39, 0.29) is 11.7 Å². The summed E-state index contributed by atoms with van der Waals surface area (Å²) in [4.78, 5) is 24.1. The molecule has 2 N–H and O–H groups in total. The number of anilines is 2. The van der Waals surface area contributed by atoms with Gasteiger partial charge in [0.15, 0.2) is 0 Å². The minimum absolute atomic E-state index is 0.0963. The number of thiophene rings is 1. The van der Waals surface area contributed by atoms with Crippen molar-refractivity contribution in [2.24, 2.45) is 0 Å². The van der Waals surface area contributed by atoms with Crippen molar-refractivity contribution in [1.82, 2.24) is 5.16 Å². The molecule has 3 rings (SSSR count). The third-order valence-electron chi connectivity index (χ3n) is 2.87. The fourth-order valence-electron chi connectivity index (χ4n) is 1.81. The molecule has 0 aliphatic heterocycles. The maximum atomic E-state index is 12.1. The predicted octanol–water partition coefficient (Wildman–Crippen LogP) is 3.24. The maximum absolute atomic E-state index is 12.1. The molecule has 0 atom stereocenters. The third-order valence-corrected chi connectivity index (χ3v) is 3.55. The van der Waals surface area contributed by atoms with Crippen molar-refractivity contribution in [3.8, 4) is 0 Å². The van der Waals surface area contributed by atoms with Gasteiger partial charge < -0.3 is 15.2 Å². The summed E-state index contributed by atoms with van der Waals surface area (Å²) in [5.74, 6) is -0.573. The molecule has 110 valence electrons. The van der Waals surface area contributed by atoms with E-state index < -0.39 is 5.91 Å². The Morgan fingerprint density at radius 2 is 1.73 bits per heavy atom. The van der Waals surface area contributed by atoms with Crippen LogP contribution >= 0.6 is 11.3 Å². The monoisotopic (exact) mass is 313 g/mol. The molecule has 2 aromatic heterocycles. The van der Waals surface area contributed by atoms with Gasteiger partial charge in [-0.3, -0.25) is 9.59 Å². The Morgan fingerprint density at radius 1 is 1.00 bits per heavy atom. The van der Waals surface area contributed by atoms with Crippen molar-refractivity contribution in [3.05, 3.63) is 64.7 Å². The lowest BCUT2D eigenvalue weighted by Gasteiger charge is -2.10. The molecule has 1 aromatic carbocycles. The first-order chi connectivity index (χ1) is 10.7. The van der Waals surface area contributed by atoms with Crippen molar-refractivity contribution < 1.29 is 14.1 Å². The number of aromatic nitrogens is 1. The Labute approximate surface area is 129 Å². The minimum atomic E-state index is -0.435. The molecule has 22 heavy (non-hydrogen) atoms. The lowest BCUT2D eigenvalue weighted by atomic mass is 10.2. The minimum Gasteiger partial charge on any atom is -0.351 e. The number of rotatable bonds is 4. The van der Waals surface area contributed by atoms with Crippen LogP contribution in [0.25, 0.3) is 0 Å². The second kappa shape index (κ2) is 6.23. The van der Waals surface area contributed by atoms with Gasteiger partial charge in [0, 0.05) is 11.4 Å². The fraction of sp³-hybridized carbons (Fsp3) is 0. The average molecular weight is 313 g/mol. The maximum Gasteiger partial charge on any atom is 0.294 e. The molecule has 0 aliphatic rings. The summed E-state index contributed by atoms with van der Waals surface area (Å²) in [5.41, 5.74) is 1.56. The zero-order valence-corrected chi connectivity index (χ0v) is 12.1. The van der Waals surface area contributed by atoms with E-state index >= 15 is 0 Å². The van der Waals surface area contributed by atoms with Crippen molar-refractivity contribution in [3.63, 3.8) is 0 Å². The normalized spacial score (nSPS) is 10.2. The van der Waals surface area contributed by atoms with Crippen LogP contribution in [-0.4, -0.2) is 17.0 Å². The van der Waals surface area contributed by atoms with Crippen LogP contribution < -0.4 is 10.6 Å². The number of hydrogen-bond acceptors (Lipinski definition) is 5. The molecule has 3 aromatic rings. The number of nitrogens with zero attached hydrogens (tertiary/aromatic N) is 1. The Balaban J connectivity index is 1.78. The van der Waals surface area contributed by atoms with Gasteiger partial charge in [0.05, 0.1) is 23.1 Å². The Hall–Kier alpha value is -2.93. The van der Waals surface area contributed by atoms with E-state index in [1.54, 1.807) is 35.7 Å². The van der Waals surface area contributed by atoms with Gasteiger partial charge in [-0.1, -0.05) is 17.3 Å². The number of hydrogen-bond donors (Lipinski definition) is 2.